The second-order valence-corrected chi connectivity index (χ2v) is 3.70. The summed E-state index contributed by atoms with van der Waals surface area (Å²) in [6.07, 6.45) is 0.330. The molecule has 1 N–H and O–H groups in total. The molecule has 0 fully saturated rings. The zero-order chi connectivity index (χ0) is 15.7. The molecule has 0 aliphatic carbocycles. The van der Waals surface area contributed by atoms with Gasteiger partial charge in [0.1, 0.15) is 12.4 Å². The van der Waals surface area contributed by atoms with Crippen LogP contribution in [0.25, 0.3) is 0 Å². The molecule has 21 heavy (non-hydrogen) atoms. The van der Waals surface area contributed by atoms with Crippen LogP contribution in [-0.2, 0) is 14.3 Å². The molecule has 1 aromatic rings. The summed E-state index contributed by atoms with van der Waals surface area (Å²) in [7, 11) is 1.28. The smallest absolute Gasteiger partial charge is 0.412 e. The Morgan fingerprint density at radius 1 is 1.24 bits per heavy atom. The first-order valence-corrected chi connectivity index (χ1v) is 6.00. The predicted octanol–water partition coefficient (Wildman–Crippen LogP) is 1.29. The summed E-state index contributed by atoms with van der Waals surface area (Å²) in [4.78, 5) is 33.4. The third-order valence-corrected chi connectivity index (χ3v) is 2.27. The zero-order valence-electron chi connectivity index (χ0n) is 11.5. The van der Waals surface area contributed by atoms with Crippen LogP contribution in [0, 0.1) is 0 Å². The highest BCUT2D eigenvalue weighted by molar-refractivity contribution is 5.89. The highest BCUT2D eigenvalue weighted by Crippen LogP contribution is 2.12. The van der Waals surface area contributed by atoms with Crippen LogP contribution in [0.3, 0.4) is 0 Å². The Labute approximate surface area is 121 Å². The van der Waals surface area contributed by atoms with Crippen LogP contribution in [0.5, 0.6) is 5.75 Å². The summed E-state index contributed by atoms with van der Waals surface area (Å²) in [5.41, 5.74) is 0.349. The number of amides is 1. The number of esters is 2. The summed E-state index contributed by atoms with van der Waals surface area (Å²) in [6.45, 7) is 3.36. The summed E-state index contributed by atoms with van der Waals surface area (Å²) in [5, 5.41) is 2.39. The van der Waals surface area contributed by atoms with Gasteiger partial charge in [0, 0.05) is 6.08 Å². The zero-order valence-corrected chi connectivity index (χ0v) is 11.5. The lowest BCUT2D eigenvalue weighted by Gasteiger charge is -2.07. The van der Waals surface area contributed by atoms with Gasteiger partial charge in [0.15, 0.2) is 0 Å². The van der Waals surface area contributed by atoms with E-state index in [0.29, 0.717) is 5.56 Å². The van der Waals surface area contributed by atoms with E-state index in [1.165, 1.54) is 31.4 Å². The van der Waals surface area contributed by atoms with Gasteiger partial charge >= 0.3 is 18.0 Å². The Balaban J connectivity index is 2.36. The van der Waals surface area contributed by atoms with Gasteiger partial charge in [0.25, 0.3) is 0 Å². The summed E-state index contributed by atoms with van der Waals surface area (Å²) < 4.78 is 14.2. The van der Waals surface area contributed by atoms with E-state index < -0.39 is 18.0 Å². The SMILES string of the molecule is C=CC(=O)OCCNC(=O)Oc1ccc(C(=O)OC)cc1. The molecule has 112 valence electrons. The molecular formula is C14H15NO6. The van der Waals surface area contributed by atoms with Gasteiger partial charge in [-0.2, -0.15) is 0 Å². The molecule has 0 radical (unpaired) electrons. The van der Waals surface area contributed by atoms with E-state index in [1.54, 1.807) is 0 Å². The maximum atomic E-state index is 11.4. The van der Waals surface area contributed by atoms with E-state index in [9.17, 15) is 14.4 Å². The Bertz CT molecular complexity index is 523. The number of rotatable bonds is 6. The van der Waals surface area contributed by atoms with E-state index in [1.807, 2.05) is 0 Å². The number of methoxy groups -OCH3 is 1. The van der Waals surface area contributed by atoms with Crippen LogP contribution in [0.2, 0.25) is 0 Å². The quantitative estimate of drug-likeness (QED) is 0.483. The van der Waals surface area contributed by atoms with Crippen molar-refractivity contribution >= 4 is 18.0 Å². The van der Waals surface area contributed by atoms with Gasteiger partial charge in [-0.3, -0.25) is 0 Å². The minimum Gasteiger partial charge on any atom is -0.465 e. The Morgan fingerprint density at radius 2 is 1.90 bits per heavy atom. The molecule has 0 spiro atoms. The van der Waals surface area contributed by atoms with Crippen molar-refractivity contribution < 1.29 is 28.6 Å². The molecule has 7 nitrogen and oxygen atoms in total. The fraction of sp³-hybridized carbons (Fsp3) is 0.214. The lowest BCUT2D eigenvalue weighted by molar-refractivity contribution is -0.137. The van der Waals surface area contributed by atoms with Gasteiger partial charge in [-0.25, -0.2) is 14.4 Å². The molecule has 0 aromatic heterocycles. The summed E-state index contributed by atoms with van der Waals surface area (Å²) in [6, 6.07) is 5.87. The van der Waals surface area contributed by atoms with Crippen LogP contribution in [0.1, 0.15) is 10.4 Å². The second kappa shape index (κ2) is 8.36. The Hall–Kier alpha value is -2.83. The standard InChI is InChI=1S/C14H15NO6/c1-3-12(16)20-9-8-15-14(18)21-11-6-4-10(5-7-11)13(17)19-2/h3-7H,1,8-9H2,2H3,(H,15,18). The molecule has 0 heterocycles. The van der Waals surface area contributed by atoms with Crippen LogP contribution >= 0.6 is 0 Å². The molecule has 0 unspecified atom stereocenters. The summed E-state index contributed by atoms with van der Waals surface area (Å²) >= 11 is 0. The largest absolute Gasteiger partial charge is 0.465 e. The van der Waals surface area contributed by atoms with Crippen LogP contribution in [0.15, 0.2) is 36.9 Å². The van der Waals surface area contributed by atoms with E-state index >= 15 is 0 Å². The van der Waals surface area contributed by atoms with Gasteiger partial charge in [0.05, 0.1) is 19.2 Å². The minimum atomic E-state index is -0.699. The maximum absolute atomic E-state index is 11.4. The monoisotopic (exact) mass is 293 g/mol. The van der Waals surface area contributed by atoms with Gasteiger partial charge in [0.2, 0.25) is 0 Å². The van der Waals surface area contributed by atoms with E-state index in [0.717, 1.165) is 6.08 Å². The first-order chi connectivity index (χ1) is 10.1. The molecule has 1 rings (SSSR count). The molecule has 0 aliphatic rings. The number of benzene rings is 1. The van der Waals surface area contributed by atoms with Gasteiger partial charge < -0.3 is 19.5 Å². The van der Waals surface area contributed by atoms with Gasteiger partial charge in [-0.05, 0) is 24.3 Å². The van der Waals surface area contributed by atoms with Crippen LogP contribution < -0.4 is 10.1 Å². The number of carbonyl (C=O) groups is 3. The topological polar surface area (TPSA) is 90.9 Å². The number of hydrogen-bond donors (Lipinski definition) is 1. The predicted molar refractivity (Wildman–Crippen MR) is 73.0 cm³/mol. The van der Waals surface area contributed by atoms with Crippen LogP contribution in [0.4, 0.5) is 4.79 Å². The highest BCUT2D eigenvalue weighted by Gasteiger charge is 2.07. The first-order valence-electron chi connectivity index (χ1n) is 6.00. The van der Waals surface area contributed by atoms with Crippen molar-refractivity contribution in [3.05, 3.63) is 42.5 Å². The van der Waals surface area contributed by atoms with Gasteiger partial charge in [-0.1, -0.05) is 6.58 Å². The average molecular weight is 293 g/mol. The van der Waals surface area contributed by atoms with E-state index in [2.05, 4.69) is 21.4 Å². The fourth-order valence-electron chi connectivity index (χ4n) is 1.28. The van der Waals surface area contributed by atoms with E-state index in [4.69, 9.17) is 4.74 Å². The molecule has 0 atom stereocenters. The number of hydrogen-bond acceptors (Lipinski definition) is 6. The second-order valence-electron chi connectivity index (χ2n) is 3.70. The van der Waals surface area contributed by atoms with Crippen molar-refractivity contribution in [1.29, 1.82) is 0 Å². The lowest BCUT2D eigenvalue weighted by Crippen LogP contribution is -2.30. The molecular weight excluding hydrogens is 278 g/mol. The molecule has 0 bridgehead atoms. The van der Waals surface area contributed by atoms with Gasteiger partial charge in [-0.15, -0.1) is 0 Å². The molecule has 0 aliphatic heterocycles. The molecule has 7 heteroatoms. The van der Waals surface area contributed by atoms with E-state index in [-0.39, 0.29) is 18.9 Å². The number of nitrogens with one attached hydrogen (secondary N) is 1. The number of ether oxygens (including phenoxy) is 3. The average Bonchev–Trinajstić information content (AvgIpc) is 2.51. The van der Waals surface area contributed by atoms with Crippen molar-refractivity contribution in [2.24, 2.45) is 0 Å². The number of carbonyl (C=O) groups excluding carboxylic acids is 3. The Kier molecular flexibility index (Phi) is 6.46. The normalized spacial score (nSPS) is 9.38. The fourth-order valence-corrected chi connectivity index (χ4v) is 1.28. The summed E-state index contributed by atoms with van der Waals surface area (Å²) in [5.74, 6) is -0.776. The molecule has 0 saturated heterocycles. The lowest BCUT2D eigenvalue weighted by atomic mass is 10.2. The van der Waals surface area contributed by atoms with Crippen LogP contribution in [-0.4, -0.2) is 38.3 Å². The van der Waals surface area contributed by atoms with Crippen molar-refractivity contribution in [2.75, 3.05) is 20.3 Å². The van der Waals surface area contributed by atoms with Crippen molar-refractivity contribution in [2.45, 2.75) is 0 Å². The molecule has 0 saturated carbocycles. The first kappa shape index (κ1) is 16.2. The maximum Gasteiger partial charge on any atom is 0.412 e. The minimum absolute atomic E-state index is 0.0151. The van der Waals surface area contributed by atoms with Crippen molar-refractivity contribution in [3.63, 3.8) is 0 Å². The third kappa shape index (κ3) is 5.77. The molecule has 1 aromatic carbocycles. The Morgan fingerprint density at radius 3 is 2.48 bits per heavy atom. The van der Waals surface area contributed by atoms with Crippen molar-refractivity contribution in [3.8, 4) is 5.75 Å². The molecule has 1 amide bonds. The third-order valence-electron chi connectivity index (χ3n) is 2.27. The van der Waals surface area contributed by atoms with Crippen molar-refractivity contribution in [1.82, 2.24) is 5.32 Å². The highest BCUT2D eigenvalue weighted by atomic mass is 16.6.